The summed E-state index contributed by atoms with van der Waals surface area (Å²) in [5.41, 5.74) is 1.09. The number of piperidine rings is 1. The van der Waals surface area contributed by atoms with Crippen LogP contribution in [0.4, 0.5) is 0 Å². The normalized spacial score (nSPS) is 23.4. The summed E-state index contributed by atoms with van der Waals surface area (Å²) in [6.07, 6.45) is 4.87. The molecular weight excluding hydrogens is 312 g/mol. The van der Waals surface area contributed by atoms with E-state index < -0.39 is 0 Å². The van der Waals surface area contributed by atoms with Crippen molar-refractivity contribution < 1.29 is 9.53 Å². The van der Waals surface area contributed by atoms with Gasteiger partial charge in [-0.05, 0) is 64.1 Å². The van der Waals surface area contributed by atoms with Gasteiger partial charge in [-0.3, -0.25) is 4.79 Å². The molecule has 1 atom stereocenters. The van der Waals surface area contributed by atoms with Gasteiger partial charge < -0.3 is 14.5 Å². The molecule has 2 aliphatic heterocycles. The third-order valence-electron chi connectivity index (χ3n) is 6.13. The van der Waals surface area contributed by atoms with E-state index in [-0.39, 0.29) is 5.91 Å². The van der Waals surface area contributed by atoms with E-state index >= 15 is 0 Å². The van der Waals surface area contributed by atoms with Crippen molar-refractivity contribution in [1.29, 1.82) is 0 Å². The van der Waals surface area contributed by atoms with Crippen LogP contribution in [-0.2, 0) is 4.74 Å². The highest BCUT2D eigenvalue weighted by Gasteiger charge is 2.40. The monoisotopic (exact) mass is 344 g/mol. The van der Waals surface area contributed by atoms with Gasteiger partial charge in [-0.15, -0.1) is 0 Å². The molecular formula is C21H32N2O2. The number of carbonyl (C=O) groups excluding carboxylic acids is 1. The molecule has 1 aromatic rings. The van der Waals surface area contributed by atoms with E-state index in [1.54, 1.807) is 0 Å². The third-order valence-corrected chi connectivity index (χ3v) is 6.13. The lowest BCUT2D eigenvalue weighted by molar-refractivity contribution is -0.0915. The molecule has 2 saturated heterocycles. The molecule has 1 spiro atoms. The molecule has 3 rings (SSSR count). The molecule has 1 amide bonds. The number of hydrogen-bond donors (Lipinski definition) is 0. The summed E-state index contributed by atoms with van der Waals surface area (Å²) >= 11 is 0. The Bertz CT molecular complexity index is 555. The Kier molecular flexibility index (Phi) is 5.80. The van der Waals surface area contributed by atoms with Crippen LogP contribution in [0.5, 0.6) is 0 Å². The standard InChI is InChI=1S/C21H32N2O2/c1-17(2)22(3)15-19-9-10-21(16-25-19)11-13-23(14-12-21)20(24)18-7-5-4-6-8-18/h4-8,17,19H,9-16H2,1-3H3. The Hall–Kier alpha value is -1.39. The van der Waals surface area contributed by atoms with E-state index in [1.165, 1.54) is 6.42 Å². The molecule has 0 saturated carbocycles. The lowest BCUT2D eigenvalue weighted by Crippen LogP contribution is -2.49. The van der Waals surface area contributed by atoms with E-state index in [2.05, 4.69) is 25.8 Å². The lowest BCUT2D eigenvalue weighted by atomic mass is 9.73. The first-order valence-electron chi connectivity index (χ1n) is 9.65. The summed E-state index contributed by atoms with van der Waals surface area (Å²) in [6, 6.07) is 10.2. The maximum Gasteiger partial charge on any atom is 0.253 e. The highest BCUT2D eigenvalue weighted by Crippen LogP contribution is 2.40. The molecule has 4 nitrogen and oxygen atoms in total. The number of ether oxygens (including phenoxy) is 1. The van der Waals surface area contributed by atoms with Crippen molar-refractivity contribution in [2.75, 3.05) is 33.3 Å². The average molecular weight is 344 g/mol. The lowest BCUT2D eigenvalue weighted by Gasteiger charge is -2.46. The van der Waals surface area contributed by atoms with E-state index in [4.69, 9.17) is 4.74 Å². The van der Waals surface area contributed by atoms with Gasteiger partial charge in [0, 0.05) is 31.2 Å². The topological polar surface area (TPSA) is 32.8 Å². The summed E-state index contributed by atoms with van der Waals surface area (Å²) < 4.78 is 6.23. The van der Waals surface area contributed by atoms with Crippen LogP contribution in [-0.4, -0.2) is 61.1 Å². The number of likely N-dealkylation sites (N-methyl/N-ethyl adjacent to an activating group) is 1. The maximum atomic E-state index is 12.6. The fraction of sp³-hybridized carbons (Fsp3) is 0.667. The van der Waals surface area contributed by atoms with Gasteiger partial charge in [0.2, 0.25) is 0 Å². The molecule has 2 aliphatic rings. The van der Waals surface area contributed by atoms with Crippen LogP contribution in [0.3, 0.4) is 0 Å². The van der Waals surface area contributed by atoms with Gasteiger partial charge in [0.1, 0.15) is 0 Å². The Morgan fingerprint density at radius 1 is 1.24 bits per heavy atom. The van der Waals surface area contributed by atoms with Crippen LogP contribution >= 0.6 is 0 Å². The van der Waals surface area contributed by atoms with Crippen LogP contribution in [0.1, 0.15) is 49.9 Å². The quantitative estimate of drug-likeness (QED) is 0.839. The predicted octanol–water partition coefficient (Wildman–Crippen LogP) is 3.43. The third kappa shape index (κ3) is 4.42. The molecule has 25 heavy (non-hydrogen) atoms. The van der Waals surface area contributed by atoms with Crippen molar-refractivity contribution in [2.45, 2.75) is 51.7 Å². The number of amides is 1. The molecule has 4 heteroatoms. The first-order chi connectivity index (χ1) is 12.0. The molecule has 0 N–H and O–H groups in total. The van der Waals surface area contributed by atoms with E-state index in [0.717, 1.165) is 51.1 Å². The van der Waals surface area contributed by atoms with Crippen molar-refractivity contribution in [2.24, 2.45) is 5.41 Å². The SMILES string of the molecule is CC(C)N(C)CC1CCC2(CCN(C(=O)c3ccccc3)CC2)CO1. The molecule has 0 aromatic heterocycles. The second kappa shape index (κ2) is 7.88. The fourth-order valence-corrected chi connectivity index (χ4v) is 3.94. The number of hydrogen-bond acceptors (Lipinski definition) is 3. The van der Waals surface area contributed by atoms with Crippen LogP contribution in [0.2, 0.25) is 0 Å². The molecule has 2 fully saturated rings. The van der Waals surface area contributed by atoms with E-state index in [9.17, 15) is 4.79 Å². The van der Waals surface area contributed by atoms with Gasteiger partial charge in [0.25, 0.3) is 5.91 Å². The molecule has 2 heterocycles. The van der Waals surface area contributed by atoms with Crippen molar-refractivity contribution in [1.82, 2.24) is 9.80 Å². The minimum atomic E-state index is 0.170. The Morgan fingerprint density at radius 2 is 1.92 bits per heavy atom. The van der Waals surface area contributed by atoms with Crippen molar-refractivity contribution in [3.05, 3.63) is 35.9 Å². The predicted molar refractivity (Wildman–Crippen MR) is 101 cm³/mol. The first-order valence-corrected chi connectivity index (χ1v) is 9.65. The summed E-state index contributed by atoms with van der Waals surface area (Å²) in [5, 5.41) is 0. The minimum absolute atomic E-state index is 0.170. The van der Waals surface area contributed by atoms with Crippen LogP contribution in [0, 0.1) is 5.41 Å². The summed E-state index contributed by atoms with van der Waals surface area (Å²) in [6.45, 7) is 8.04. The highest BCUT2D eigenvalue weighted by atomic mass is 16.5. The molecule has 1 aromatic carbocycles. The van der Waals surface area contributed by atoms with Gasteiger partial charge in [-0.1, -0.05) is 18.2 Å². The Balaban J connectivity index is 1.49. The molecule has 1 unspecified atom stereocenters. The molecule has 0 aliphatic carbocycles. The zero-order valence-electron chi connectivity index (χ0n) is 15.9. The minimum Gasteiger partial charge on any atom is -0.376 e. The number of likely N-dealkylation sites (tertiary alicyclic amines) is 1. The average Bonchev–Trinajstić information content (AvgIpc) is 2.64. The smallest absolute Gasteiger partial charge is 0.253 e. The summed E-state index contributed by atoms with van der Waals surface area (Å²) in [7, 11) is 2.17. The van der Waals surface area contributed by atoms with Crippen LogP contribution in [0.25, 0.3) is 0 Å². The first kappa shape index (κ1) is 18.4. The fourth-order valence-electron chi connectivity index (χ4n) is 3.94. The van der Waals surface area contributed by atoms with Crippen LogP contribution in [0.15, 0.2) is 30.3 Å². The number of rotatable bonds is 4. The summed E-state index contributed by atoms with van der Waals surface area (Å²) in [4.78, 5) is 17.0. The van der Waals surface area contributed by atoms with Gasteiger partial charge in [-0.25, -0.2) is 0 Å². The van der Waals surface area contributed by atoms with Gasteiger partial charge in [-0.2, -0.15) is 0 Å². The van der Waals surface area contributed by atoms with E-state index in [1.807, 2.05) is 35.2 Å². The van der Waals surface area contributed by atoms with Crippen LogP contribution < -0.4 is 0 Å². The molecule has 0 radical (unpaired) electrons. The highest BCUT2D eigenvalue weighted by molar-refractivity contribution is 5.94. The number of carbonyl (C=O) groups is 1. The zero-order chi connectivity index (χ0) is 17.9. The number of benzene rings is 1. The molecule has 0 bridgehead atoms. The maximum absolute atomic E-state index is 12.6. The zero-order valence-corrected chi connectivity index (χ0v) is 15.9. The summed E-state index contributed by atoms with van der Waals surface area (Å²) in [5.74, 6) is 0.170. The number of nitrogens with zero attached hydrogens (tertiary/aromatic N) is 2. The Morgan fingerprint density at radius 3 is 2.48 bits per heavy atom. The Labute approximate surface area is 152 Å². The van der Waals surface area contributed by atoms with Gasteiger partial charge in [0.05, 0.1) is 12.7 Å². The van der Waals surface area contributed by atoms with E-state index in [0.29, 0.717) is 17.6 Å². The van der Waals surface area contributed by atoms with Crippen molar-refractivity contribution in [3.8, 4) is 0 Å². The van der Waals surface area contributed by atoms with Gasteiger partial charge >= 0.3 is 0 Å². The molecule has 138 valence electrons. The van der Waals surface area contributed by atoms with Crippen molar-refractivity contribution in [3.63, 3.8) is 0 Å². The van der Waals surface area contributed by atoms with Gasteiger partial charge in [0.15, 0.2) is 0 Å². The second-order valence-corrected chi connectivity index (χ2v) is 8.16. The second-order valence-electron chi connectivity index (χ2n) is 8.16. The largest absolute Gasteiger partial charge is 0.376 e. The van der Waals surface area contributed by atoms with Crippen molar-refractivity contribution >= 4 is 5.91 Å².